The summed E-state index contributed by atoms with van der Waals surface area (Å²) in [4.78, 5) is 7.21. The van der Waals surface area contributed by atoms with Crippen LogP contribution in [0.3, 0.4) is 0 Å². The molecular formula is C17H12F3N3O2S3. The molecule has 0 aliphatic carbocycles. The van der Waals surface area contributed by atoms with Gasteiger partial charge in [-0.2, -0.15) is 13.2 Å². The number of halogens is 3. The van der Waals surface area contributed by atoms with E-state index >= 15 is 0 Å². The summed E-state index contributed by atoms with van der Waals surface area (Å²) >= 11 is 2.24. The molecule has 0 saturated carbocycles. The highest BCUT2D eigenvalue weighted by Gasteiger charge is 2.38. The number of aromatic amines is 1. The standard InChI is InChI=1S/C17H12F3N3O2S3/c18-17(19,20)10-23(28(24,25)14-5-2-7-26-14)13-4-1-3-11-9-12(22-15(11)13)16-21-6-8-27-16/h1-9,22H,10H2. The maximum absolute atomic E-state index is 13.3. The predicted octanol–water partition coefficient (Wildman–Crippen LogP) is 5.11. The van der Waals surface area contributed by atoms with E-state index in [1.54, 1.807) is 23.7 Å². The van der Waals surface area contributed by atoms with Crippen LogP contribution in [0.25, 0.3) is 21.6 Å². The molecule has 1 N–H and O–H groups in total. The molecule has 1 aromatic carbocycles. The van der Waals surface area contributed by atoms with Crippen LogP contribution >= 0.6 is 22.7 Å². The van der Waals surface area contributed by atoms with Gasteiger partial charge in [0.05, 0.1) is 16.9 Å². The van der Waals surface area contributed by atoms with Gasteiger partial charge in [-0.15, -0.1) is 22.7 Å². The molecular weight excluding hydrogens is 431 g/mol. The number of nitrogens with one attached hydrogen (secondary N) is 1. The molecule has 4 aromatic rings. The Morgan fingerprint density at radius 2 is 1.93 bits per heavy atom. The zero-order valence-electron chi connectivity index (χ0n) is 14.0. The summed E-state index contributed by atoms with van der Waals surface area (Å²) in [7, 11) is -4.38. The molecule has 0 amide bonds. The number of thiophene rings is 1. The molecule has 5 nitrogen and oxygen atoms in total. The number of hydrogen-bond donors (Lipinski definition) is 1. The highest BCUT2D eigenvalue weighted by molar-refractivity contribution is 7.94. The first-order valence-electron chi connectivity index (χ1n) is 7.90. The van der Waals surface area contributed by atoms with Crippen molar-refractivity contribution >= 4 is 49.3 Å². The molecule has 0 bridgehead atoms. The van der Waals surface area contributed by atoms with E-state index in [-0.39, 0.29) is 9.90 Å². The van der Waals surface area contributed by atoms with E-state index in [9.17, 15) is 21.6 Å². The highest BCUT2D eigenvalue weighted by Crippen LogP contribution is 2.36. The van der Waals surface area contributed by atoms with Crippen LogP contribution < -0.4 is 4.31 Å². The van der Waals surface area contributed by atoms with E-state index in [2.05, 4.69) is 9.97 Å². The monoisotopic (exact) mass is 443 g/mol. The first kappa shape index (κ1) is 19.0. The Balaban J connectivity index is 1.90. The van der Waals surface area contributed by atoms with Crippen molar-refractivity contribution in [3.63, 3.8) is 0 Å². The van der Waals surface area contributed by atoms with Gasteiger partial charge in [-0.05, 0) is 23.6 Å². The summed E-state index contributed by atoms with van der Waals surface area (Å²) < 4.78 is 66.0. The van der Waals surface area contributed by atoms with Crippen LogP contribution in [0.1, 0.15) is 0 Å². The number of benzene rings is 1. The quantitative estimate of drug-likeness (QED) is 0.466. The van der Waals surface area contributed by atoms with Crippen LogP contribution in [0.2, 0.25) is 0 Å². The lowest BCUT2D eigenvalue weighted by molar-refractivity contribution is -0.117. The molecule has 3 heterocycles. The Morgan fingerprint density at radius 1 is 1.11 bits per heavy atom. The van der Waals surface area contributed by atoms with Crippen molar-refractivity contribution in [1.82, 2.24) is 9.97 Å². The summed E-state index contributed by atoms with van der Waals surface area (Å²) in [5, 5.41) is 4.54. The molecule has 0 fully saturated rings. The first-order chi connectivity index (χ1) is 13.3. The second-order valence-corrected chi connectivity index (χ2v) is 9.75. The molecule has 0 atom stereocenters. The molecule has 4 rings (SSSR count). The lowest BCUT2D eigenvalue weighted by Gasteiger charge is -2.25. The second kappa shape index (κ2) is 6.90. The van der Waals surface area contributed by atoms with Gasteiger partial charge in [-0.3, -0.25) is 4.31 Å². The molecule has 0 unspecified atom stereocenters. The van der Waals surface area contributed by atoms with E-state index in [1.165, 1.54) is 41.0 Å². The molecule has 0 radical (unpaired) electrons. The third kappa shape index (κ3) is 3.52. The second-order valence-electron chi connectivity index (χ2n) is 5.82. The van der Waals surface area contributed by atoms with Gasteiger partial charge in [0.15, 0.2) is 0 Å². The third-order valence-electron chi connectivity index (χ3n) is 3.93. The number of H-pyrrole nitrogens is 1. The van der Waals surface area contributed by atoms with Crippen molar-refractivity contribution in [2.24, 2.45) is 0 Å². The van der Waals surface area contributed by atoms with Gasteiger partial charge < -0.3 is 4.98 Å². The van der Waals surface area contributed by atoms with Crippen LogP contribution in [-0.4, -0.2) is 31.1 Å². The smallest absolute Gasteiger partial charge is 0.351 e. The van der Waals surface area contributed by atoms with Gasteiger partial charge >= 0.3 is 6.18 Å². The summed E-state index contributed by atoms with van der Waals surface area (Å²) in [6.07, 6.45) is -3.10. The van der Waals surface area contributed by atoms with Gasteiger partial charge in [0.1, 0.15) is 15.8 Å². The number of rotatable bonds is 5. The third-order valence-corrected chi connectivity index (χ3v) is 7.87. The number of nitrogens with zero attached hydrogens (tertiary/aromatic N) is 2. The van der Waals surface area contributed by atoms with Crippen molar-refractivity contribution in [3.8, 4) is 10.7 Å². The minimum Gasteiger partial charge on any atom is -0.351 e. The first-order valence-corrected chi connectivity index (χ1v) is 11.1. The fraction of sp³-hybridized carbons (Fsp3) is 0.118. The number of hydrogen-bond acceptors (Lipinski definition) is 5. The Bertz CT molecular complexity index is 1200. The zero-order chi connectivity index (χ0) is 19.9. The summed E-state index contributed by atoms with van der Waals surface area (Å²) in [6.45, 7) is -1.63. The van der Waals surface area contributed by atoms with Gasteiger partial charge in [0.25, 0.3) is 10.0 Å². The summed E-state index contributed by atoms with van der Waals surface area (Å²) in [6, 6.07) is 9.11. The molecule has 0 aliphatic heterocycles. The van der Waals surface area contributed by atoms with Crippen molar-refractivity contribution in [2.75, 3.05) is 10.8 Å². The van der Waals surface area contributed by atoms with Gasteiger partial charge in [0, 0.05) is 17.0 Å². The molecule has 0 saturated heterocycles. The van der Waals surface area contributed by atoms with Crippen LogP contribution in [0.4, 0.5) is 18.9 Å². The molecule has 0 aliphatic rings. The number of fused-ring (bicyclic) bond motifs is 1. The fourth-order valence-electron chi connectivity index (χ4n) is 2.80. The number of thiazole rings is 1. The topological polar surface area (TPSA) is 66.1 Å². The summed E-state index contributed by atoms with van der Waals surface area (Å²) in [5.74, 6) is 0. The van der Waals surface area contributed by atoms with Crippen LogP contribution in [0, 0.1) is 0 Å². The van der Waals surface area contributed by atoms with Gasteiger partial charge in [-0.25, -0.2) is 13.4 Å². The van der Waals surface area contributed by atoms with Crippen molar-refractivity contribution in [1.29, 1.82) is 0 Å². The normalized spacial score (nSPS) is 12.5. The number of anilines is 1. The van der Waals surface area contributed by atoms with Crippen LogP contribution in [0.15, 0.2) is 57.6 Å². The predicted molar refractivity (Wildman–Crippen MR) is 104 cm³/mol. The number of sulfonamides is 1. The number of para-hydroxylation sites is 1. The number of alkyl halides is 3. The van der Waals surface area contributed by atoms with E-state index in [1.807, 2.05) is 0 Å². The average molecular weight is 443 g/mol. The van der Waals surface area contributed by atoms with Crippen LogP contribution in [0.5, 0.6) is 0 Å². The van der Waals surface area contributed by atoms with Gasteiger partial charge in [0.2, 0.25) is 0 Å². The molecule has 146 valence electrons. The summed E-state index contributed by atoms with van der Waals surface area (Å²) in [5.41, 5.74) is 0.848. The SMILES string of the molecule is O=S(=O)(c1cccs1)N(CC(F)(F)F)c1cccc2cc(-c3nccs3)[nH]c12. The Kier molecular flexibility index (Phi) is 4.68. The van der Waals surface area contributed by atoms with E-state index in [0.29, 0.717) is 25.9 Å². The minimum absolute atomic E-state index is 0.0639. The lowest BCUT2D eigenvalue weighted by Crippen LogP contribution is -2.39. The maximum Gasteiger partial charge on any atom is 0.407 e. The van der Waals surface area contributed by atoms with Crippen molar-refractivity contribution in [3.05, 3.63) is 53.4 Å². The fourth-order valence-corrected chi connectivity index (χ4v) is 5.98. The molecule has 28 heavy (non-hydrogen) atoms. The van der Waals surface area contributed by atoms with Crippen LogP contribution in [-0.2, 0) is 10.0 Å². The minimum atomic E-state index is -4.71. The lowest BCUT2D eigenvalue weighted by atomic mass is 10.2. The van der Waals surface area contributed by atoms with E-state index in [4.69, 9.17) is 0 Å². The number of aromatic nitrogens is 2. The Morgan fingerprint density at radius 3 is 2.57 bits per heavy atom. The van der Waals surface area contributed by atoms with Crippen molar-refractivity contribution in [2.45, 2.75) is 10.4 Å². The molecule has 3 aromatic heterocycles. The zero-order valence-corrected chi connectivity index (χ0v) is 16.4. The van der Waals surface area contributed by atoms with E-state index < -0.39 is 22.7 Å². The highest BCUT2D eigenvalue weighted by atomic mass is 32.2. The average Bonchev–Trinajstić information content (AvgIpc) is 3.39. The van der Waals surface area contributed by atoms with Gasteiger partial charge in [-0.1, -0.05) is 18.2 Å². The maximum atomic E-state index is 13.3. The Hall–Kier alpha value is -2.37. The van der Waals surface area contributed by atoms with E-state index in [0.717, 1.165) is 11.3 Å². The molecule has 11 heteroatoms. The van der Waals surface area contributed by atoms with Crippen molar-refractivity contribution < 1.29 is 21.6 Å². The largest absolute Gasteiger partial charge is 0.407 e. The molecule has 0 spiro atoms. The Labute approximate surface area is 166 Å².